The predicted molar refractivity (Wildman–Crippen MR) is 78.6 cm³/mol. The fourth-order valence-electron chi connectivity index (χ4n) is 2.08. The highest BCUT2D eigenvalue weighted by Crippen LogP contribution is 2.28. The number of nitro benzene ring substituents is 1. The van der Waals surface area contributed by atoms with Crippen LogP contribution in [0.3, 0.4) is 0 Å². The molecular weight excluding hydrogens is 294 g/mol. The van der Waals surface area contributed by atoms with Gasteiger partial charge in [-0.1, -0.05) is 41.9 Å². The van der Waals surface area contributed by atoms with Crippen molar-refractivity contribution < 1.29 is 14.8 Å². The number of nitro groups is 1. The summed E-state index contributed by atoms with van der Waals surface area (Å²) < 4.78 is 0. The van der Waals surface area contributed by atoms with Crippen molar-refractivity contribution in [3.63, 3.8) is 0 Å². The lowest BCUT2D eigenvalue weighted by molar-refractivity contribution is -0.384. The van der Waals surface area contributed by atoms with Crippen LogP contribution in [0.1, 0.15) is 17.0 Å². The largest absolute Gasteiger partial charge is 0.481 e. The van der Waals surface area contributed by atoms with Gasteiger partial charge in [-0.25, -0.2) is 0 Å². The molecule has 1 unspecified atom stereocenters. The number of hydrogen-bond donors (Lipinski definition) is 1. The van der Waals surface area contributed by atoms with E-state index in [-0.39, 0.29) is 12.1 Å². The third-order valence-electron chi connectivity index (χ3n) is 3.17. The van der Waals surface area contributed by atoms with Crippen LogP contribution in [-0.2, 0) is 11.2 Å². The van der Waals surface area contributed by atoms with E-state index < -0.39 is 16.8 Å². The molecule has 2 aromatic carbocycles. The van der Waals surface area contributed by atoms with Crippen LogP contribution in [0.25, 0.3) is 0 Å². The molecule has 0 aliphatic rings. The second-order valence-corrected chi connectivity index (χ2v) is 4.95. The molecule has 1 atom stereocenters. The van der Waals surface area contributed by atoms with Gasteiger partial charge in [0, 0.05) is 17.2 Å². The van der Waals surface area contributed by atoms with Crippen molar-refractivity contribution in [2.24, 2.45) is 0 Å². The Kier molecular flexibility index (Phi) is 4.55. The average molecular weight is 306 g/mol. The van der Waals surface area contributed by atoms with Gasteiger partial charge in [-0.15, -0.1) is 0 Å². The van der Waals surface area contributed by atoms with Gasteiger partial charge in [-0.05, 0) is 23.6 Å². The first-order chi connectivity index (χ1) is 9.99. The maximum absolute atomic E-state index is 11.5. The Morgan fingerprint density at radius 1 is 1.19 bits per heavy atom. The molecule has 2 rings (SSSR count). The normalized spacial score (nSPS) is 11.9. The van der Waals surface area contributed by atoms with Crippen LogP contribution in [0.4, 0.5) is 5.69 Å². The van der Waals surface area contributed by atoms with E-state index in [1.807, 2.05) is 0 Å². The highest BCUT2D eigenvalue weighted by molar-refractivity contribution is 6.31. The molecule has 6 heteroatoms. The van der Waals surface area contributed by atoms with E-state index in [1.165, 1.54) is 12.1 Å². The Bertz CT molecular complexity index is 670. The quantitative estimate of drug-likeness (QED) is 0.675. The molecule has 0 spiro atoms. The lowest BCUT2D eigenvalue weighted by Gasteiger charge is -2.14. The molecule has 0 heterocycles. The summed E-state index contributed by atoms with van der Waals surface area (Å²) in [5, 5.41) is 20.4. The Morgan fingerprint density at radius 3 is 2.33 bits per heavy atom. The Labute approximate surface area is 125 Å². The molecule has 0 fully saturated rings. The first-order valence-corrected chi connectivity index (χ1v) is 6.57. The van der Waals surface area contributed by atoms with Crippen molar-refractivity contribution in [1.82, 2.24) is 0 Å². The van der Waals surface area contributed by atoms with E-state index in [1.54, 1.807) is 36.4 Å². The second-order valence-electron chi connectivity index (χ2n) is 4.54. The monoisotopic (exact) mass is 305 g/mol. The lowest BCUT2D eigenvalue weighted by Crippen LogP contribution is -2.15. The van der Waals surface area contributed by atoms with Gasteiger partial charge in [0.05, 0.1) is 10.8 Å². The predicted octanol–water partition coefficient (Wildman–Crippen LogP) is 3.66. The zero-order chi connectivity index (χ0) is 15.4. The van der Waals surface area contributed by atoms with Gasteiger partial charge in [0.1, 0.15) is 0 Å². The number of carboxylic acid groups (broad SMARTS) is 1. The summed E-state index contributed by atoms with van der Waals surface area (Å²) in [6.07, 6.45) is 0.219. The summed E-state index contributed by atoms with van der Waals surface area (Å²) in [5.74, 6) is -1.78. The summed E-state index contributed by atoms with van der Waals surface area (Å²) in [6.45, 7) is 0. The zero-order valence-electron chi connectivity index (χ0n) is 10.9. The van der Waals surface area contributed by atoms with Crippen LogP contribution in [-0.4, -0.2) is 16.0 Å². The summed E-state index contributed by atoms with van der Waals surface area (Å²) >= 11 is 6.04. The second kappa shape index (κ2) is 6.37. The van der Waals surface area contributed by atoms with Gasteiger partial charge < -0.3 is 5.11 Å². The van der Waals surface area contributed by atoms with Crippen molar-refractivity contribution >= 4 is 23.3 Å². The highest BCUT2D eigenvalue weighted by atomic mass is 35.5. The first kappa shape index (κ1) is 15.0. The lowest BCUT2D eigenvalue weighted by atomic mass is 9.92. The molecule has 21 heavy (non-hydrogen) atoms. The summed E-state index contributed by atoms with van der Waals surface area (Å²) in [7, 11) is 0. The minimum atomic E-state index is -0.985. The van der Waals surface area contributed by atoms with E-state index in [0.717, 1.165) is 0 Å². The molecule has 5 nitrogen and oxygen atoms in total. The Balaban J connectivity index is 2.27. The molecule has 0 aliphatic carbocycles. The number of non-ortho nitro benzene ring substituents is 1. The standard InChI is InChI=1S/C15H12ClNO4/c16-14-4-2-1-3-12(14)13(15(18)19)9-10-5-7-11(8-6-10)17(20)21/h1-8,13H,9H2,(H,18,19). The molecule has 0 amide bonds. The van der Waals surface area contributed by atoms with Crippen molar-refractivity contribution in [1.29, 1.82) is 0 Å². The number of carbonyl (C=O) groups is 1. The molecule has 0 saturated carbocycles. The van der Waals surface area contributed by atoms with Gasteiger partial charge in [-0.3, -0.25) is 14.9 Å². The van der Waals surface area contributed by atoms with Crippen LogP contribution in [0, 0.1) is 10.1 Å². The fraction of sp³-hybridized carbons (Fsp3) is 0.133. The summed E-state index contributed by atoms with van der Waals surface area (Å²) in [5.41, 5.74) is 1.21. The van der Waals surface area contributed by atoms with Crippen LogP contribution in [0.5, 0.6) is 0 Å². The third kappa shape index (κ3) is 3.58. The fourth-order valence-corrected chi connectivity index (χ4v) is 2.34. The topological polar surface area (TPSA) is 80.4 Å². The molecule has 0 aromatic heterocycles. The van der Waals surface area contributed by atoms with Crippen LogP contribution >= 0.6 is 11.6 Å². The molecule has 0 bridgehead atoms. The smallest absolute Gasteiger partial charge is 0.311 e. The van der Waals surface area contributed by atoms with Gasteiger partial charge >= 0.3 is 5.97 Å². The van der Waals surface area contributed by atoms with E-state index in [4.69, 9.17) is 11.6 Å². The van der Waals surface area contributed by atoms with E-state index in [9.17, 15) is 20.0 Å². The first-order valence-electron chi connectivity index (χ1n) is 6.19. The SMILES string of the molecule is O=C(O)C(Cc1ccc([N+](=O)[O-])cc1)c1ccccc1Cl. The van der Waals surface area contributed by atoms with Gasteiger partial charge in [0.2, 0.25) is 0 Å². The van der Waals surface area contributed by atoms with Crippen molar-refractivity contribution in [3.8, 4) is 0 Å². The van der Waals surface area contributed by atoms with Gasteiger partial charge in [-0.2, -0.15) is 0 Å². The molecule has 108 valence electrons. The highest BCUT2D eigenvalue weighted by Gasteiger charge is 2.22. The van der Waals surface area contributed by atoms with Crippen LogP contribution in [0.15, 0.2) is 48.5 Å². The zero-order valence-corrected chi connectivity index (χ0v) is 11.7. The van der Waals surface area contributed by atoms with Crippen LogP contribution < -0.4 is 0 Å². The average Bonchev–Trinajstić information content (AvgIpc) is 2.46. The molecule has 1 N–H and O–H groups in total. The van der Waals surface area contributed by atoms with E-state index >= 15 is 0 Å². The number of hydrogen-bond acceptors (Lipinski definition) is 3. The molecule has 0 saturated heterocycles. The number of halogens is 1. The molecular formula is C15H12ClNO4. The minimum absolute atomic E-state index is 0.0247. The number of nitrogens with zero attached hydrogens (tertiary/aromatic N) is 1. The number of rotatable bonds is 5. The molecule has 0 aliphatic heterocycles. The molecule has 0 radical (unpaired) electrons. The number of benzene rings is 2. The Morgan fingerprint density at radius 2 is 1.81 bits per heavy atom. The summed E-state index contributed by atoms with van der Waals surface area (Å²) in [6, 6.07) is 12.6. The number of carboxylic acids is 1. The van der Waals surface area contributed by atoms with Crippen molar-refractivity contribution in [2.75, 3.05) is 0 Å². The Hall–Kier alpha value is -2.40. The van der Waals surface area contributed by atoms with Crippen molar-refractivity contribution in [2.45, 2.75) is 12.3 Å². The van der Waals surface area contributed by atoms with E-state index in [2.05, 4.69) is 0 Å². The molecule has 2 aromatic rings. The summed E-state index contributed by atoms with van der Waals surface area (Å²) in [4.78, 5) is 21.6. The van der Waals surface area contributed by atoms with Crippen molar-refractivity contribution in [3.05, 3.63) is 74.8 Å². The minimum Gasteiger partial charge on any atom is -0.481 e. The maximum atomic E-state index is 11.5. The van der Waals surface area contributed by atoms with Gasteiger partial charge in [0.15, 0.2) is 0 Å². The van der Waals surface area contributed by atoms with Crippen LogP contribution in [0.2, 0.25) is 5.02 Å². The van der Waals surface area contributed by atoms with Gasteiger partial charge in [0.25, 0.3) is 5.69 Å². The third-order valence-corrected chi connectivity index (χ3v) is 3.51. The number of aliphatic carboxylic acids is 1. The van der Waals surface area contributed by atoms with E-state index in [0.29, 0.717) is 16.1 Å². The maximum Gasteiger partial charge on any atom is 0.311 e.